The molecular weight excluding hydrogens is 326 g/mol. The van der Waals surface area contributed by atoms with E-state index in [-0.39, 0.29) is 0 Å². The van der Waals surface area contributed by atoms with E-state index in [0.717, 1.165) is 11.0 Å². The zero-order valence-electron chi connectivity index (χ0n) is 14.7. The van der Waals surface area contributed by atoms with Gasteiger partial charge in [0.1, 0.15) is 29.4 Å². The summed E-state index contributed by atoms with van der Waals surface area (Å²) in [5.74, 6) is 1.14. The number of aryl methyl sites for hydroxylation is 1. The van der Waals surface area contributed by atoms with Crippen LogP contribution in [0.25, 0.3) is 11.0 Å². The molecule has 0 bridgehead atoms. The van der Waals surface area contributed by atoms with Crippen LogP contribution in [0.15, 0.2) is 71.3 Å². The van der Waals surface area contributed by atoms with Gasteiger partial charge in [0, 0.05) is 0 Å². The Morgan fingerprint density at radius 3 is 2.58 bits per heavy atom. The summed E-state index contributed by atoms with van der Waals surface area (Å²) in [6.45, 7) is 3.09. The standard InChI is InChI=1S/C21H21N3O2/c1-15-8-10-16(11-9-15)13-23-17-5-2-3-6-18(17)24(21(23)22)14-19(25)20-7-4-12-26-20/h2-12,19,22,25H,13-14H2,1H3/p+1. The van der Waals surface area contributed by atoms with Crippen LogP contribution in [0.5, 0.6) is 0 Å². The van der Waals surface area contributed by atoms with E-state index in [0.29, 0.717) is 24.8 Å². The Hall–Kier alpha value is -3.05. The predicted molar refractivity (Wildman–Crippen MR) is 100 cm³/mol. The molecule has 0 saturated carbocycles. The second-order valence-electron chi connectivity index (χ2n) is 6.56. The molecule has 0 aliphatic rings. The molecule has 4 rings (SSSR count). The molecule has 0 aliphatic carbocycles. The number of aliphatic hydroxyl groups is 1. The van der Waals surface area contributed by atoms with Crippen molar-refractivity contribution in [2.24, 2.45) is 0 Å². The molecule has 2 heterocycles. The van der Waals surface area contributed by atoms with Crippen molar-refractivity contribution < 1.29 is 14.1 Å². The Balaban J connectivity index is 1.74. The molecule has 2 aromatic carbocycles. The van der Waals surface area contributed by atoms with Gasteiger partial charge in [-0.05, 0) is 36.8 Å². The number of imidazole rings is 1. The minimum atomic E-state index is -0.754. The van der Waals surface area contributed by atoms with E-state index in [2.05, 4.69) is 41.8 Å². The van der Waals surface area contributed by atoms with Crippen LogP contribution in [0.1, 0.15) is 23.0 Å². The van der Waals surface area contributed by atoms with E-state index >= 15 is 0 Å². The van der Waals surface area contributed by atoms with Gasteiger partial charge in [-0.3, -0.25) is 5.73 Å². The van der Waals surface area contributed by atoms with Gasteiger partial charge in [0.15, 0.2) is 0 Å². The van der Waals surface area contributed by atoms with Crippen molar-refractivity contribution in [3.05, 3.63) is 83.8 Å². The molecule has 132 valence electrons. The van der Waals surface area contributed by atoms with E-state index in [9.17, 15) is 5.11 Å². The molecular formula is C21H22N3O2+. The first-order chi connectivity index (χ1) is 12.6. The number of hydrogen-bond donors (Lipinski definition) is 2. The first kappa shape index (κ1) is 16.4. The Morgan fingerprint density at radius 2 is 1.85 bits per heavy atom. The maximum Gasteiger partial charge on any atom is 0.356 e. The van der Waals surface area contributed by atoms with Gasteiger partial charge < -0.3 is 9.52 Å². The fourth-order valence-electron chi connectivity index (χ4n) is 3.29. The minimum absolute atomic E-state index is 0.334. The van der Waals surface area contributed by atoms with Crippen LogP contribution in [0.3, 0.4) is 0 Å². The van der Waals surface area contributed by atoms with Gasteiger partial charge in [0.2, 0.25) is 0 Å². The molecule has 0 amide bonds. The molecule has 0 spiro atoms. The van der Waals surface area contributed by atoms with Crippen molar-refractivity contribution >= 4 is 17.0 Å². The highest BCUT2D eigenvalue weighted by Gasteiger charge is 2.24. The van der Waals surface area contributed by atoms with Crippen LogP contribution in [-0.2, 0) is 13.1 Å². The van der Waals surface area contributed by atoms with Gasteiger partial charge in [-0.2, -0.15) is 0 Å². The minimum Gasteiger partial charge on any atom is -0.466 e. The zero-order valence-corrected chi connectivity index (χ0v) is 14.7. The number of aliphatic hydroxyl groups excluding tert-OH is 1. The maximum absolute atomic E-state index is 10.5. The number of hydrogen-bond acceptors (Lipinski definition) is 3. The predicted octanol–water partition coefficient (Wildman–Crippen LogP) is 3.19. The lowest BCUT2D eigenvalue weighted by atomic mass is 10.1. The highest BCUT2D eigenvalue weighted by molar-refractivity contribution is 5.74. The van der Waals surface area contributed by atoms with Crippen molar-refractivity contribution in [1.82, 2.24) is 4.57 Å². The van der Waals surface area contributed by atoms with Crippen LogP contribution in [0.2, 0.25) is 0 Å². The largest absolute Gasteiger partial charge is 0.466 e. The van der Waals surface area contributed by atoms with Gasteiger partial charge in [0.05, 0.1) is 12.8 Å². The van der Waals surface area contributed by atoms with E-state index in [1.54, 1.807) is 18.4 Å². The van der Waals surface area contributed by atoms with Crippen LogP contribution >= 0.6 is 0 Å². The quantitative estimate of drug-likeness (QED) is 0.544. The summed E-state index contributed by atoms with van der Waals surface area (Å²) in [7, 11) is 0. The number of anilines is 1. The van der Waals surface area contributed by atoms with Gasteiger partial charge >= 0.3 is 5.95 Å². The monoisotopic (exact) mass is 348 g/mol. The van der Waals surface area contributed by atoms with Crippen molar-refractivity contribution in [1.29, 1.82) is 0 Å². The van der Waals surface area contributed by atoms with E-state index < -0.39 is 6.10 Å². The maximum atomic E-state index is 10.5. The second kappa shape index (κ2) is 6.69. The third kappa shape index (κ3) is 2.97. The van der Waals surface area contributed by atoms with Crippen molar-refractivity contribution in [2.75, 3.05) is 5.73 Å². The highest BCUT2D eigenvalue weighted by atomic mass is 16.4. The molecule has 0 saturated heterocycles. The summed E-state index contributed by atoms with van der Waals surface area (Å²) in [5.41, 5.74) is 10.9. The van der Waals surface area contributed by atoms with Gasteiger partial charge in [-0.15, -0.1) is 0 Å². The number of benzene rings is 2. The summed E-state index contributed by atoms with van der Waals surface area (Å²) in [6.07, 6.45) is 0.809. The topological polar surface area (TPSA) is 68.2 Å². The number of nitrogens with two attached hydrogens (primary N) is 1. The average molecular weight is 348 g/mol. The van der Waals surface area contributed by atoms with E-state index in [1.165, 1.54) is 11.1 Å². The molecule has 2 aromatic heterocycles. The number of fused-ring (bicyclic) bond motifs is 1. The Labute approximate surface area is 151 Å². The molecule has 3 N–H and O–H groups in total. The number of rotatable bonds is 5. The molecule has 4 aromatic rings. The lowest BCUT2D eigenvalue weighted by molar-refractivity contribution is -0.648. The van der Waals surface area contributed by atoms with Crippen molar-refractivity contribution in [3.63, 3.8) is 0 Å². The van der Waals surface area contributed by atoms with Crippen molar-refractivity contribution in [3.8, 4) is 0 Å². The molecule has 26 heavy (non-hydrogen) atoms. The van der Waals surface area contributed by atoms with Crippen LogP contribution in [0, 0.1) is 6.92 Å². The zero-order chi connectivity index (χ0) is 18.1. The SMILES string of the molecule is Cc1ccc(C[n+]2c(N)n(CC(O)c3ccco3)c3ccccc32)cc1. The molecule has 1 atom stereocenters. The lowest BCUT2D eigenvalue weighted by Gasteiger charge is -2.07. The number of nitrogen functional groups attached to an aromatic ring is 1. The van der Waals surface area contributed by atoms with E-state index in [1.807, 2.05) is 22.8 Å². The number of nitrogens with zero attached hydrogens (tertiary/aromatic N) is 2. The Morgan fingerprint density at radius 1 is 1.08 bits per heavy atom. The highest BCUT2D eigenvalue weighted by Crippen LogP contribution is 2.22. The molecule has 0 fully saturated rings. The number of furan rings is 1. The Bertz CT molecular complexity index is 1020. The molecule has 5 heteroatoms. The number of aromatic nitrogens is 2. The fraction of sp³-hybridized carbons (Fsp3) is 0.190. The first-order valence-electron chi connectivity index (χ1n) is 8.67. The van der Waals surface area contributed by atoms with Crippen LogP contribution < -0.4 is 10.3 Å². The third-order valence-electron chi connectivity index (χ3n) is 4.70. The van der Waals surface area contributed by atoms with Crippen molar-refractivity contribution in [2.45, 2.75) is 26.1 Å². The van der Waals surface area contributed by atoms with Crippen LogP contribution in [0.4, 0.5) is 5.95 Å². The molecule has 0 aliphatic heterocycles. The average Bonchev–Trinajstić information content (AvgIpc) is 3.27. The summed E-state index contributed by atoms with van der Waals surface area (Å²) < 4.78 is 9.34. The molecule has 5 nitrogen and oxygen atoms in total. The normalized spacial score (nSPS) is 12.5. The summed E-state index contributed by atoms with van der Waals surface area (Å²) in [5, 5.41) is 10.5. The first-order valence-corrected chi connectivity index (χ1v) is 8.67. The Kier molecular flexibility index (Phi) is 4.22. The fourth-order valence-corrected chi connectivity index (χ4v) is 3.29. The van der Waals surface area contributed by atoms with Gasteiger partial charge in [-0.25, -0.2) is 9.13 Å². The van der Waals surface area contributed by atoms with E-state index in [4.69, 9.17) is 10.2 Å². The lowest BCUT2D eigenvalue weighted by Crippen LogP contribution is -2.37. The summed E-state index contributed by atoms with van der Waals surface area (Å²) in [6, 6.07) is 20.0. The molecule has 1 unspecified atom stereocenters. The van der Waals surface area contributed by atoms with Crippen LogP contribution in [-0.4, -0.2) is 9.67 Å². The van der Waals surface area contributed by atoms with Gasteiger partial charge in [-0.1, -0.05) is 42.0 Å². The second-order valence-corrected chi connectivity index (χ2v) is 6.56. The third-order valence-corrected chi connectivity index (χ3v) is 4.70. The smallest absolute Gasteiger partial charge is 0.356 e. The number of para-hydroxylation sites is 2. The summed E-state index contributed by atoms with van der Waals surface area (Å²) in [4.78, 5) is 0. The molecule has 0 radical (unpaired) electrons. The van der Waals surface area contributed by atoms with Gasteiger partial charge in [0.25, 0.3) is 0 Å². The summed E-state index contributed by atoms with van der Waals surface area (Å²) >= 11 is 0.